The Bertz CT molecular complexity index is 1230. The van der Waals surface area contributed by atoms with Gasteiger partial charge in [-0.25, -0.2) is 14.6 Å². The first-order chi connectivity index (χ1) is 15.6. The largest absolute Gasteiger partial charge is 0.337 e. The number of aryl methyl sites for hydroxylation is 1. The van der Waals surface area contributed by atoms with Gasteiger partial charge in [-0.3, -0.25) is 0 Å². The molecule has 5 rings (SSSR count). The highest BCUT2D eigenvalue weighted by Crippen LogP contribution is 2.38. The number of fused-ring (bicyclic) bond motifs is 1. The third-order valence-corrected chi connectivity index (χ3v) is 6.55. The van der Waals surface area contributed by atoms with Crippen molar-refractivity contribution in [2.75, 3.05) is 10.6 Å². The predicted octanol–water partition coefficient (Wildman–Crippen LogP) is 6.59. The number of nitrogens with zero attached hydrogens (tertiary/aromatic N) is 4. The summed E-state index contributed by atoms with van der Waals surface area (Å²) < 4.78 is 4.83. The van der Waals surface area contributed by atoms with Gasteiger partial charge in [-0.15, -0.1) is 0 Å². The molecule has 0 aliphatic heterocycles. The Labute approximate surface area is 187 Å². The predicted molar refractivity (Wildman–Crippen MR) is 127 cm³/mol. The van der Waals surface area contributed by atoms with E-state index >= 15 is 0 Å². The zero-order chi connectivity index (χ0) is 22.1. The van der Waals surface area contributed by atoms with Gasteiger partial charge in [0.05, 0.1) is 0 Å². The molecule has 0 spiro atoms. The van der Waals surface area contributed by atoms with E-state index in [-0.39, 0.29) is 0 Å². The molecule has 0 bridgehead atoms. The summed E-state index contributed by atoms with van der Waals surface area (Å²) in [5.41, 5.74) is 6.58. The smallest absolute Gasteiger partial charge is 0.245 e. The first-order valence-corrected chi connectivity index (χ1v) is 11.4. The van der Waals surface area contributed by atoms with Crippen LogP contribution in [0.1, 0.15) is 68.1 Å². The van der Waals surface area contributed by atoms with Crippen molar-refractivity contribution in [3.8, 4) is 0 Å². The number of rotatable bonds is 7. The molecule has 1 aliphatic carbocycles. The molecule has 7 nitrogen and oxygen atoms in total. The average Bonchev–Trinajstić information content (AvgIpc) is 3.21. The molecule has 1 saturated carbocycles. The Hall–Kier alpha value is -3.48. The lowest BCUT2D eigenvalue weighted by Crippen LogP contribution is -2.09. The molecule has 1 fully saturated rings. The van der Waals surface area contributed by atoms with Crippen molar-refractivity contribution in [3.63, 3.8) is 0 Å². The Balaban J connectivity index is 1.44. The third kappa shape index (κ3) is 4.02. The summed E-state index contributed by atoms with van der Waals surface area (Å²) in [5.74, 6) is 2.39. The summed E-state index contributed by atoms with van der Waals surface area (Å²) in [6, 6.07) is 15.0. The normalized spacial score (nSPS) is 14.8. The monoisotopic (exact) mass is 428 g/mol. The van der Waals surface area contributed by atoms with Crippen LogP contribution in [-0.2, 0) is 0 Å². The van der Waals surface area contributed by atoms with Crippen molar-refractivity contribution in [1.29, 1.82) is 0 Å². The van der Waals surface area contributed by atoms with Crippen LogP contribution in [0.2, 0.25) is 0 Å². The van der Waals surface area contributed by atoms with Gasteiger partial charge in [0.25, 0.3) is 0 Å². The van der Waals surface area contributed by atoms with Gasteiger partial charge in [0.2, 0.25) is 11.3 Å². The van der Waals surface area contributed by atoms with Gasteiger partial charge in [-0.1, -0.05) is 44.5 Å². The highest BCUT2D eigenvalue weighted by molar-refractivity contribution is 5.79. The van der Waals surface area contributed by atoms with E-state index in [1.54, 1.807) is 0 Å². The lowest BCUT2D eigenvalue weighted by atomic mass is 9.79. The maximum atomic E-state index is 4.83. The van der Waals surface area contributed by atoms with Crippen molar-refractivity contribution in [3.05, 3.63) is 59.2 Å². The Kier molecular flexibility index (Phi) is 5.47. The minimum atomic E-state index is 0.367. The maximum absolute atomic E-state index is 4.83. The molecule has 1 aliphatic rings. The molecule has 32 heavy (non-hydrogen) atoms. The van der Waals surface area contributed by atoms with Crippen LogP contribution in [0.5, 0.6) is 0 Å². The summed E-state index contributed by atoms with van der Waals surface area (Å²) in [4.78, 5) is 9.20. The van der Waals surface area contributed by atoms with Crippen LogP contribution in [0.25, 0.3) is 11.3 Å². The summed E-state index contributed by atoms with van der Waals surface area (Å²) in [6.45, 7) is 6.56. The minimum Gasteiger partial charge on any atom is -0.337 e. The second-order valence-corrected chi connectivity index (χ2v) is 8.72. The Morgan fingerprint density at radius 1 is 0.969 bits per heavy atom. The molecule has 2 aromatic heterocycles. The highest BCUT2D eigenvalue weighted by atomic mass is 16.6. The van der Waals surface area contributed by atoms with Crippen molar-refractivity contribution >= 4 is 34.3 Å². The van der Waals surface area contributed by atoms with Crippen molar-refractivity contribution in [2.24, 2.45) is 0 Å². The molecule has 0 radical (unpaired) electrons. The Morgan fingerprint density at radius 2 is 1.66 bits per heavy atom. The molecule has 1 unspecified atom stereocenters. The maximum Gasteiger partial charge on any atom is 0.245 e. The van der Waals surface area contributed by atoms with E-state index in [0.717, 1.165) is 17.8 Å². The molecular formula is C25H28N6O. The van der Waals surface area contributed by atoms with Gasteiger partial charge in [-0.2, -0.15) is 0 Å². The van der Waals surface area contributed by atoms with Crippen molar-refractivity contribution in [1.82, 2.24) is 20.3 Å². The third-order valence-electron chi connectivity index (χ3n) is 6.55. The first kappa shape index (κ1) is 20.4. The zero-order valence-electron chi connectivity index (χ0n) is 18.7. The van der Waals surface area contributed by atoms with Gasteiger partial charge in [-0.05, 0) is 83.2 Å². The number of aromatic nitrogens is 4. The number of hydrogen-bond acceptors (Lipinski definition) is 7. The van der Waals surface area contributed by atoms with E-state index in [1.807, 2.05) is 0 Å². The van der Waals surface area contributed by atoms with Crippen LogP contribution >= 0.6 is 0 Å². The molecule has 0 saturated heterocycles. The van der Waals surface area contributed by atoms with Gasteiger partial charge in [0, 0.05) is 11.4 Å². The van der Waals surface area contributed by atoms with Crippen LogP contribution < -0.4 is 10.6 Å². The standard InChI is InChI=1S/C25H28N6O/c1-4-15(2)17-8-11-20(12-9-17)26-22-23(29-25-24(28-22)30-32-31-25)27-21-13-10-19(14-16(21)3)18-6-5-7-18/h8-15,18H,4-7H2,1-3H3,(H,26,28,30)(H,27,29,31). The summed E-state index contributed by atoms with van der Waals surface area (Å²) in [6.07, 6.45) is 5.02. The molecule has 2 N–H and O–H groups in total. The van der Waals surface area contributed by atoms with Gasteiger partial charge in [0.15, 0.2) is 11.6 Å². The van der Waals surface area contributed by atoms with E-state index < -0.39 is 0 Å². The fourth-order valence-electron chi connectivity index (χ4n) is 4.03. The van der Waals surface area contributed by atoms with E-state index in [1.165, 1.54) is 36.0 Å². The lowest BCUT2D eigenvalue weighted by molar-refractivity contribution is 0.314. The quantitative estimate of drug-likeness (QED) is 0.343. The van der Waals surface area contributed by atoms with Crippen molar-refractivity contribution in [2.45, 2.75) is 58.3 Å². The molecule has 164 valence electrons. The molecule has 2 heterocycles. The topological polar surface area (TPSA) is 88.8 Å². The fourth-order valence-corrected chi connectivity index (χ4v) is 4.03. The fraction of sp³-hybridized carbons (Fsp3) is 0.360. The van der Waals surface area contributed by atoms with Crippen molar-refractivity contribution < 1.29 is 4.63 Å². The number of benzene rings is 2. The number of hydrogen-bond donors (Lipinski definition) is 2. The number of nitrogens with one attached hydrogen (secondary N) is 2. The molecule has 7 heteroatoms. The van der Waals surface area contributed by atoms with Crippen LogP contribution in [0.3, 0.4) is 0 Å². The summed E-state index contributed by atoms with van der Waals surface area (Å²) >= 11 is 0. The average molecular weight is 429 g/mol. The summed E-state index contributed by atoms with van der Waals surface area (Å²) in [7, 11) is 0. The van der Waals surface area contributed by atoms with Crippen LogP contribution in [0, 0.1) is 6.92 Å². The minimum absolute atomic E-state index is 0.367. The Morgan fingerprint density at radius 3 is 2.25 bits per heavy atom. The lowest BCUT2D eigenvalue weighted by Gasteiger charge is -2.26. The molecule has 2 aromatic carbocycles. The molecular weight excluding hydrogens is 400 g/mol. The zero-order valence-corrected chi connectivity index (χ0v) is 18.7. The molecule has 1 atom stereocenters. The summed E-state index contributed by atoms with van der Waals surface area (Å²) in [5, 5.41) is 14.5. The van der Waals surface area contributed by atoms with Crippen LogP contribution in [0.15, 0.2) is 47.1 Å². The SMILES string of the molecule is CCC(C)c1ccc(Nc2nc3nonc3nc2Nc2ccc(C3CCC3)cc2C)cc1. The second-order valence-electron chi connectivity index (χ2n) is 8.72. The van der Waals surface area contributed by atoms with Gasteiger partial charge >= 0.3 is 0 Å². The molecule has 0 amide bonds. The van der Waals surface area contributed by atoms with E-state index in [0.29, 0.717) is 34.8 Å². The van der Waals surface area contributed by atoms with Gasteiger partial charge < -0.3 is 10.6 Å². The van der Waals surface area contributed by atoms with E-state index in [2.05, 4.69) is 94.2 Å². The highest BCUT2D eigenvalue weighted by Gasteiger charge is 2.20. The van der Waals surface area contributed by atoms with E-state index in [9.17, 15) is 0 Å². The van der Waals surface area contributed by atoms with Crippen LogP contribution in [0.4, 0.5) is 23.0 Å². The van der Waals surface area contributed by atoms with Gasteiger partial charge in [0.1, 0.15) is 0 Å². The second kappa shape index (κ2) is 8.57. The number of anilines is 4. The molecule has 4 aromatic rings. The first-order valence-electron chi connectivity index (χ1n) is 11.4. The van der Waals surface area contributed by atoms with Crippen LogP contribution in [-0.4, -0.2) is 20.3 Å². The van der Waals surface area contributed by atoms with E-state index in [4.69, 9.17) is 4.63 Å².